The molecule has 1 aromatic rings. The van der Waals surface area contributed by atoms with Crippen LogP contribution in [0.3, 0.4) is 0 Å². The molecule has 3 atom stereocenters. The molecule has 0 aliphatic carbocycles. The third-order valence-electron chi connectivity index (χ3n) is 7.78. The number of phenols is 1. The van der Waals surface area contributed by atoms with Gasteiger partial charge in [0.2, 0.25) is 0 Å². The number of anilines is 1. The molecule has 2 saturated heterocycles. The molecule has 326 valence electrons. The molecule has 0 aromatic heterocycles. The fourth-order valence-corrected chi connectivity index (χ4v) is 4.81. The highest BCUT2D eigenvalue weighted by molar-refractivity contribution is 6.01. The molecule has 0 bridgehead atoms. The van der Waals surface area contributed by atoms with Gasteiger partial charge >= 0.3 is 5.97 Å². The van der Waals surface area contributed by atoms with Gasteiger partial charge < -0.3 is 64.0 Å². The number of nitrogens with zero attached hydrogens (tertiary/aromatic N) is 2. The Morgan fingerprint density at radius 1 is 0.842 bits per heavy atom. The largest absolute Gasteiger partial charge is 0.508 e. The van der Waals surface area contributed by atoms with Crippen LogP contribution in [0.5, 0.6) is 5.75 Å². The molecule has 3 unspecified atom stereocenters. The summed E-state index contributed by atoms with van der Waals surface area (Å²) in [5, 5.41) is 53.9. The zero-order valence-corrected chi connectivity index (χ0v) is 32.8. The molecule has 0 spiro atoms. The molecule has 2 aliphatic heterocycles. The minimum absolute atomic E-state index is 0.0612. The maximum absolute atomic E-state index is 11.6. The second kappa shape index (κ2) is 33.3. The second-order valence-electron chi connectivity index (χ2n) is 12.4. The SMILES string of the molecule is C=N.CCC/C(=C\Nc1ccc(O)cc1)COCCOCCOCCOCCOCCOCCC(=O)ON1C(=O)CCC1=O.OC1COC(CCN(O)O)CC1O. The molecule has 57 heavy (non-hydrogen) atoms. The monoisotopic (exact) mass is 818 g/mol. The van der Waals surface area contributed by atoms with E-state index in [1.807, 2.05) is 18.3 Å². The van der Waals surface area contributed by atoms with Crippen LogP contribution in [0.25, 0.3) is 0 Å². The lowest BCUT2D eigenvalue weighted by atomic mass is 10.0. The Labute approximate surface area is 333 Å². The number of aromatic hydroxyl groups is 1. The second-order valence-corrected chi connectivity index (χ2v) is 12.4. The van der Waals surface area contributed by atoms with Crippen LogP contribution >= 0.6 is 0 Å². The van der Waals surface area contributed by atoms with Crippen LogP contribution in [-0.2, 0) is 52.4 Å². The Hall–Kier alpha value is -3.64. The van der Waals surface area contributed by atoms with Crippen molar-refractivity contribution in [1.82, 2.24) is 10.3 Å². The molecule has 2 amide bonds. The molecule has 1 aromatic carbocycles. The van der Waals surface area contributed by atoms with Crippen molar-refractivity contribution < 1.29 is 78.1 Å². The van der Waals surface area contributed by atoms with Crippen LogP contribution in [-0.4, -0.2) is 171 Å². The molecule has 20 nitrogen and oxygen atoms in total. The van der Waals surface area contributed by atoms with Gasteiger partial charge in [-0.2, -0.15) is 0 Å². The quantitative estimate of drug-likeness (QED) is 0.0209. The van der Waals surface area contributed by atoms with Crippen molar-refractivity contribution in [3.63, 3.8) is 0 Å². The minimum atomic E-state index is -0.824. The lowest BCUT2D eigenvalue weighted by Crippen LogP contribution is -2.42. The molecule has 0 radical (unpaired) electrons. The van der Waals surface area contributed by atoms with Crippen molar-refractivity contribution in [2.24, 2.45) is 0 Å². The van der Waals surface area contributed by atoms with Crippen molar-refractivity contribution in [3.05, 3.63) is 36.0 Å². The molecular weight excluding hydrogens is 756 g/mol. The number of rotatable bonds is 28. The summed E-state index contributed by atoms with van der Waals surface area (Å²) >= 11 is 0. The lowest BCUT2D eigenvalue weighted by Gasteiger charge is -2.30. The number of hydrogen-bond acceptors (Lipinski definition) is 19. The summed E-state index contributed by atoms with van der Waals surface area (Å²) in [6.45, 7) is 9.65. The summed E-state index contributed by atoms with van der Waals surface area (Å²) < 4.78 is 38.0. The predicted molar refractivity (Wildman–Crippen MR) is 203 cm³/mol. The molecular formula is C37H62N4O16. The van der Waals surface area contributed by atoms with E-state index in [-0.39, 0.29) is 62.7 Å². The van der Waals surface area contributed by atoms with Gasteiger partial charge in [0, 0.05) is 31.1 Å². The van der Waals surface area contributed by atoms with Crippen molar-refractivity contribution in [3.8, 4) is 5.75 Å². The Morgan fingerprint density at radius 3 is 1.84 bits per heavy atom. The Kier molecular flexibility index (Phi) is 30.1. The van der Waals surface area contributed by atoms with Gasteiger partial charge in [-0.15, -0.1) is 5.06 Å². The summed E-state index contributed by atoms with van der Waals surface area (Å²) in [6.07, 6.45) is 2.87. The van der Waals surface area contributed by atoms with Gasteiger partial charge in [0.15, 0.2) is 0 Å². The van der Waals surface area contributed by atoms with Crippen molar-refractivity contribution in [1.29, 1.82) is 5.41 Å². The minimum Gasteiger partial charge on any atom is -0.508 e. The van der Waals surface area contributed by atoms with E-state index in [9.17, 15) is 24.6 Å². The third kappa shape index (κ3) is 26.1. The van der Waals surface area contributed by atoms with Gasteiger partial charge in [-0.25, -0.2) is 4.79 Å². The number of aliphatic hydroxyl groups is 2. The summed E-state index contributed by atoms with van der Waals surface area (Å²) in [7, 11) is 0. The average Bonchev–Trinajstić information content (AvgIpc) is 3.51. The maximum atomic E-state index is 11.6. The fraction of sp³-hybridized carbons (Fsp3) is 0.676. The van der Waals surface area contributed by atoms with Gasteiger partial charge in [0.1, 0.15) is 11.9 Å². The standard InChI is InChI=1S/C29H44N2O11.C7H15NO5.CH3N/c1-2-3-24(22-30-25-4-6-26(32)7-5-25)23-41-21-20-40-19-18-39-17-16-38-15-14-37-13-12-36-11-10-29(35)42-31-27(33)8-9-28(31)34;9-6-3-5(1-2-8(11)12)13-4-7(6)10;1-2/h4-7,22,30,32H,2-3,8-21,23H2,1H3;5-7,9-12H,1-4H2;2H,1H2/b24-22+;;. The summed E-state index contributed by atoms with van der Waals surface area (Å²) in [4.78, 5) is 39.2. The zero-order valence-electron chi connectivity index (χ0n) is 32.8. The number of hydroxylamine groups is 4. The van der Waals surface area contributed by atoms with Crippen molar-refractivity contribution in [2.75, 3.05) is 97.8 Å². The summed E-state index contributed by atoms with van der Waals surface area (Å²) in [6, 6.07) is 6.90. The molecule has 20 heteroatoms. The fourth-order valence-electron chi connectivity index (χ4n) is 4.81. The van der Waals surface area contributed by atoms with Gasteiger partial charge in [-0.1, -0.05) is 18.6 Å². The van der Waals surface area contributed by atoms with Crippen LogP contribution in [0, 0.1) is 5.41 Å². The van der Waals surface area contributed by atoms with E-state index in [2.05, 4.69) is 19.0 Å². The van der Waals surface area contributed by atoms with Gasteiger partial charge in [-0.05, 0) is 49.4 Å². The van der Waals surface area contributed by atoms with Crippen molar-refractivity contribution in [2.45, 2.75) is 70.2 Å². The molecule has 0 saturated carbocycles. The Balaban J connectivity index is 0.000000906. The highest BCUT2D eigenvalue weighted by Crippen LogP contribution is 2.17. The number of benzene rings is 1. The normalized spacial score (nSPS) is 18.2. The highest BCUT2D eigenvalue weighted by atomic mass is 16.8. The molecule has 2 aliphatic rings. The van der Waals surface area contributed by atoms with E-state index in [0.29, 0.717) is 84.0 Å². The van der Waals surface area contributed by atoms with E-state index in [1.165, 1.54) is 0 Å². The highest BCUT2D eigenvalue weighted by Gasteiger charge is 2.32. The lowest BCUT2D eigenvalue weighted by molar-refractivity contribution is -0.309. The smallest absolute Gasteiger partial charge is 0.335 e. The third-order valence-corrected chi connectivity index (χ3v) is 7.78. The number of nitrogens with one attached hydrogen (secondary N) is 2. The van der Waals surface area contributed by atoms with Gasteiger partial charge in [0.25, 0.3) is 11.8 Å². The number of aliphatic hydroxyl groups excluding tert-OH is 2. The first kappa shape index (κ1) is 51.4. The average molecular weight is 819 g/mol. The van der Waals surface area contributed by atoms with Gasteiger partial charge in [-0.3, -0.25) is 20.0 Å². The van der Waals surface area contributed by atoms with Crippen molar-refractivity contribution >= 4 is 30.2 Å². The summed E-state index contributed by atoms with van der Waals surface area (Å²) in [5.74, 6) is -1.48. The van der Waals surface area contributed by atoms with Crippen LogP contribution in [0.4, 0.5) is 5.69 Å². The zero-order chi connectivity index (χ0) is 42.1. The summed E-state index contributed by atoms with van der Waals surface area (Å²) in [5.41, 5.74) is 2.06. The van der Waals surface area contributed by atoms with Gasteiger partial charge in [0.05, 0.1) is 111 Å². The first-order valence-corrected chi connectivity index (χ1v) is 18.8. The Bertz CT molecular complexity index is 1230. The predicted octanol–water partition coefficient (Wildman–Crippen LogP) is 1.82. The molecule has 3 rings (SSSR count). The Morgan fingerprint density at radius 2 is 1.35 bits per heavy atom. The van der Waals surface area contributed by atoms with E-state index in [4.69, 9.17) is 58.9 Å². The van der Waals surface area contributed by atoms with E-state index >= 15 is 0 Å². The molecule has 7 N–H and O–H groups in total. The van der Waals surface area contributed by atoms with Crippen LogP contribution in [0.2, 0.25) is 0 Å². The number of amides is 2. The first-order chi connectivity index (χ1) is 27.6. The number of phenolic OH excluding ortho intramolecular Hbond substituents is 1. The molecule has 2 fully saturated rings. The van der Waals surface area contributed by atoms with E-state index in [1.54, 1.807) is 12.1 Å². The number of carbonyl (C=O) groups is 3. The van der Waals surface area contributed by atoms with Crippen LogP contribution in [0.15, 0.2) is 36.0 Å². The number of imide groups is 1. The van der Waals surface area contributed by atoms with E-state index in [0.717, 1.165) is 24.1 Å². The van der Waals surface area contributed by atoms with Crippen LogP contribution in [0.1, 0.15) is 51.9 Å². The van der Waals surface area contributed by atoms with E-state index < -0.39 is 30.0 Å². The van der Waals surface area contributed by atoms with Crippen LogP contribution < -0.4 is 5.32 Å². The maximum Gasteiger partial charge on any atom is 0.335 e. The topological polar surface area (TPSA) is 269 Å². The first-order valence-electron chi connectivity index (χ1n) is 18.8. The number of carbonyl (C=O) groups excluding carboxylic acids is 3. The molecule has 2 heterocycles. The number of ether oxygens (including phenoxy) is 7. The number of hydrogen-bond donors (Lipinski definition) is 7.